The Morgan fingerprint density at radius 2 is 2.04 bits per heavy atom. The van der Waals surface area contributed by atoms with Crippen LogP contribution in [0.15, 0.2) is 24.3 Å². The van der Waals surface area contributed by atoms with E-state index >= 15 is 0 Å². The Kier molecular flexibility index (Phi) is 6.97. The smallest absolute Gasteiger partial charge is 0.230 e. The largest absolute Gasteiger partial charge is 0.352 e. The quantitative estimate of drug-likeness (QED) is 0.835. The van der Waals surface area contributed by atoms with Gasteiger partial charge in [0.1, 0.15) is 0 Å². The summed E-state index contributed by atoms with van der Waals surface area (Å²) in [7, 11) is 0. The number of piperidine rings is 1. The van der Waals surface area contributed by atoms with Crippen molar-refractivity contribution in [3.8, 4) is 0 Å². The van der Waals surface area contributed by atoms with Gasteiger partial charge in [0, 0.05) is 17.1 Å². The number of hydrogen-bond donors (Lipinski definition) is 2. The standard InChI is InChI=1S/C19H27ClN2O.ClH/c1-14-12-17(8-11-21-14)22-18(23)19(9-3-2-4-10-19)15-6-5-7-16(20)13-15;/h5-7,13-14,17,21H,2-4,8-12H2,1H3,(H,22,23);1H. The summed E-state index contributed by atoms with van der Waals surface area (Å²) in [5, 5.41) is 7.52. The molecule has 1 aromatic carbocycles. The molecule has 0 aromatic heterocycles. The molecule has 24 heavy (non-hydrogen) atoms. The van der Waals surface area contributed by atoms with Crippen molar-refractivity contribution in [1.82, 2.24) is 10.6 Å². The molecule has 5 heteroatoms. The summed E-state index contributed by atoms with van der Waals surface area (Å²) in [4.78, 5) is 13.2. The molecular formula is C19H28Cl2N2O. The maximum absolute atomic E-state index is 13.2. The van der Waals surface area contributed by atoms with Crippen LogP contribution in [0, 0.1) is 0 Å². The van der Waals surface area contributed by atoms with Crippen molar-refractivity contribution in [2.45, 2.75) is 69.4 Å². The fourth-order valence-electron chi connectivity index (χ4n) is 4.17. The zero-order valence-electron chi connectivity index (χ0n) is 14.3. The highest BCUT2D eigenvalue weighted by atomic mass is 35.5. The van der Waals surface area contributed by atoms with Gasteiger partial charge in [0.05, 0.1) is 5.41 Å². The predicted octanol–water partition coefficient (Wildman–Crippen LogP) is 4.22. The lowest BCUT2D eigenvalue weighted by molar-refractivity contribution is -0.129. The predicted molar refractivity (Wildman–Crippen MR) is 102 cm³/mol. The molecule has 1 amide bonds. The summed E-state index contributed by atoms with van der Waals surface area (Å²) in [6.07, 6.45) is 7.34. The molecule has 1 heterocycles. The van der Waals surface area contributed by atoms with Crippen LogP contribution in [0.2, 0.25) is 5.02 Å². The summed E-state index contributed by atoms with van der Waals surface area (Å²) in [5.74, 6) is 0.207. The summed E-state index contributed by atoms with van der Waals surface area (Å²) >= 11 is 6.20. The lowest BCUT2D eigenvalue weighted by Crippen LogP contribution is -2.53. The fourth-order valence-corrected chi connectivity index (χ4v) is 4.37. The fraction of sp³-hybridized carbons (Fsp3) is 0.632. The summed E-state index contributed by atoms with van der Waals surface area (Å²) in [6, 6.07) is 8.67. The van der Waals surface area contributed by atoms with Gasteiger partial charge in [-0.3, -0.25) is 4.79 Å². The molecule has 0 bridgehead atoms. The van der Waals surface area contributed by atoms with E-state index in [0.717, 1.165) is 55.7 Å². The first-order chi connectivity index (χ1) is 11.1. The number of rotatable bonds is 3. The molecule has 134 valence electrons. The summed E-state index contributed by atoms with van der Waals surface area (Å²) in [6.45, 7) is 3.17. The van der Waals surface area contributed by atoms with Crippen LogP contribution in [-0.2, 0) is 10.2 Å². The Bertz CT molecular complexity index is 558. The lowest BCUT2D eigenvalue weighted by Gasteiger charge is -2.39. The summed E-state index contributed by atoms with van der Waals surface area (Å²) < 4.78 is 0. The second-order valence-electron chi connectivity index (χ2n) is 7.20. The summed E-state index contributed by atoms with van der Waals surface area (Å²) in [5.41, 5.74) is 0.696. The number of nitrogens with one attached hydrogen (secondary N) is 2. The number of carbonyl (C=O) groups excluding carboxylic acids is 1. The third-order valence-corrected chi connectivity index (χ3v) is 5.71. The van der Waals surface area contributed by atoms with E-state index in [0.29, 0.717) is 6.04 Å². The van der Waals surface area contributed by atoms with Crippen molar-refractivity contribution in [2.24, 2.45) is 0 Å². The molecule has 1 aliphatic heterocycles. The van der Waals surface area contributed by atoms with Gasteiger partial charge in [-0.2, -0.15) is 0 Å². The SMILES string of the molecule is CC1CC(NC(=O)C2(c3cccc(Cl)c3)CCCCC2)CCN1.Cl. The third kappa shape index (κ3) is 4.25. The lowest BCUT2D eigenvalue weighted by atomic mass is 9.68. The van der Waals surface area contributed by atoms with Crippen molar-refractivity contribution in [3.05, 3.63) is 34.9 Å². The highest BCUT2D eigenvalue weighted by Crippen LogP contribution is 2.40. The van der Waals surface area contributed by atoms with Crippen LogP contribution in [0.5, 0.6) is 0 Å². The molecule has 1 saturated carbocycles. The van der Waals surface area contributed by atoms with E-state index in [1.54, 1.807) is 0 Å². The van der Waals surface area contributed by atoms with Gasteiger partial charge in [0.2, 0.25) is 5.91 Å². The van der Waals surface area contributed by atoms with Gasteiger partial charge >= 0.3 is 0 Å². The molecule has 2 unspecified atom stereocenters. The van der Waals surface area contributed by atoms with Crippen molar-refractivity contribution in [2.75, 3.05) is 6.54 Å². The Hall–Kier alpha value is -0.770. The number of halogens is 2. The van der Waals surface area contributed by atoms with E-state index in [-0.39, 0.29) is 24.4 Å². The van der Waals surface area contributed by atoms with Gasteiger partial charge in [-0.05, 0) is 56.8 Å². The van der Waals surface area contributed by atoms with Crippen molar-refractivity contribution < 1.29 is 4.79 Å². The third-order valence-electron chi connectivity index (χ3n) is 5.48. The number of benzene rings is 1. The van der Waals surface area contributed by atoms with E-state index in [4.69, 9.17) is 11.6 Å². The molecular weight excluding hydrogens is 343 g/mol. The van der Waals surface area contributed by atoms with Gasteiger partial charge in [-0.15, -0.1) is 12.4 Å². The van der Waals surface area contributed by atoms with Crippen LogP contribution in [-0.4, -0.2) is 24.5 Å². The molecule has 2 fully saturated rings. The molecule has 0 radical (unpaired) electrons. The van der Waals surface area contributed by atoms with Crippen molar-refractivity contribution >= 4 is 29.9 Å². The number of amides is 1. The van der Waals surface area contributed by atoms with Crippen LogP contribution in [0.3, 0.4) is 0 Å². The first-order valence-corrected chi connectivity index (χ1v) is 9.28. The van der Waals surface area contributed by atoms with Crippen LogP contribution < -0.4 is 10.6 Å². The van der Waals surface area contributed by atoms with Gasteiger partial charge in [0.25, 0.3) is 0 Å². The zero-order valence-corrected chi connectivity index (χ0v) is 15.9. The topological polar surface area (TPSA) is 41.1 Å². The van der Waals surface area contributed by atoms with Crippen LogP contribution in [0.4, 0.5) is 0 Å². The van der Waals surface area contributed by atoms with Crippen LogP contribution >= 0.6 is 24.0 Å². The maximum atomic E-state index is 13.2. The molecule has 3 rings (SSSR count). The van der Waals surface area contributed by atoms with Gasteiger partial charge in [0.15, 0.2) is 0 Å². The molecule has 2 atom stereocenters. The average molecular weight is 371 g/mol. The Balaban J connectivity index is 0.00000208. The molecule has 1 aliphatic carbocycles. The minimum atomic E-state index is -0.392. The number of carbonyl (C=O) groups is 1. The van der Waals surface area contributed by atoms with Crippen LogP contribution in [0.1, 0.15) is 57.4 Å². The van der Waals surface area contributed by atoms with E-state index in [2.05, 4.69) is 23.6 Å². The van der Waals surface area contributed by atoms with E-state index in [9.17, 15) is 4.79 Å². The highest BCUT2D eigenvalue weighted by Gasteiger charge is 2.42. The second kappa shape index (κ2) is 8.55. The molecule has 2 aliphatic rings. The molecule has 3 nitrogen and oxygen atoms in total. The first kappa shape index (κ1) is 19.6. The molecule has 1 aromatic rings. The normalized spacial score (nSPS) is 26.2. The van der Waals surface area contributed by atoms with E-state index < -0.39 is 5.41 Å². The highest BCUT2D eigenvalue weighted by molar-refractivity contribution is 6.30. The number of hydrogen-bond acceptors (Lipinski definition) is 2. The van der Waals surface area contributed by atoms with Crippen molar-refractivity contribution in [3.63, 3.8) is 0 Å². The maximum Gasteiger partial charge on any atom is 0.230 e. The minimum Gasteiger partial charge on any atom is -0.352 e. The molecule has 2 N–H and O–H groups in total. The zero-order chi connectivity index (χ0) is 16.3. The van der Waals surface area contributed by atoms with E-state index in [1.165, 1.54) is 6.42 Å². The second-order valence-corrected chi connectivity index (χ2v) is 7.64. The Morgan fingerprint density at radius 1 is 1.29 bits per heavy atom. The van der Waals surface area contributed by atoms with Gasteiger partial charge in [-0.25, -0.2) is 0 Å². The van der Waals surface area contributed by atoms with E-state index in [1.807, 2.05) is 18.2 Å². The molecule has 0 spiro atoms. The molecule has 1 saturated heterocycles. The van der Waals surface area contributed by atoms with Crippen molar-refractivity contribution in [1.29, 1.82) is 0 Å². The average Bonchev–Trinajstić information content (AvgIpc) is 2.55. The van der Waals surface area contributed by atoms with Gasteiger partial charge in [-0.1, -0.05) is 43.0 Å². The first-order valence-electron chi connectivity index (χ1n) is 8.90. The Morgan fingerprint density at radius 3 is 2.71 bits per heavy atom. The monoisotopic (exact) mass is 370 g/mol. The van der Waals surface area contributed by atoms with Gasteiger partial charge < -0.3 is 10.6 Å². The Labute approximate surface area is 156 Å². The minimum absolute atomic E-state index is 0. The van der Waals surface area contributed by atoms with Crippen LogP contribution in [0.25, 0.3) is 0 Å².